The Morgan fingerprint density at radius 3 is 2.68 bits per heavy atom. The molecule has 152 valence electrons. The molecule has 1 aromatic rings. The summed E-state index contributed by atoms with van der Waals surface area (Å²) in [6, 6.07) is 2.44. The number of carbonyl (C=O) groups is 5. The Labute approximate surface area is 165 Å². The Morgan fingerprint density at radius 1 is 1.32 bits per heavy atom. The summed E-state index contributed by atoms with van der Waals surface area (Å²) >= 11 is 1.56. The quantitative estimate of drug-likeness (QED) is 0.419. The highest BCUT2D eigenvalue weighted by molar-refractivity contribution is 7.09. The van der Waals surface area contributed by atoms with Crippen LogP contribution in [0.2, 0.25) is 0 Å². The van der Waals surface area contributed by atoms with E-state index in [1.54, 1.807) is 25.2 Å². The van der Waals surface area contributed by atoms with Crippen LogP contribution in [0.15, 0.2) is 17.5 Å². The second-order valence-corrected chi connectivity index (χ2v) is 7.33. The van der Waals surface area contributed by atoms with E-state index in [1.165, 1.54) is 0 Å². The second-order valence-electron chi connectivity index (χ2n) is 6.30. The maximum atomic E-state index is 12.2. The van der Waals surface area contributed by atoms with Crippen molar-refractivity contribution in [3.63, 3.8) is 0 Å². The monoisotopic (exact) mass is 410 g/mol. The lowest BCUT2D eigenvalue weighted by molar-refractivity contribution is -0.150. The van der Waals surface area contributed by atoms with Crippen LogP contribution in [0.3, 0.4) is 0 Å². The van der Waals surface area contributed by atoms with Gasteiger partial charge in [-0.1, -0.05) is 13.0 Å². The Hall–Kier alpha value is -2.95. The molecule has 0 aromatic carbocycles. The zero-order valence-corrected chi connectivity index (χ0v) is 16.4. The van der Waals surface area contributed by atoms with Gasteiger partial charge in [-0.25, -0.2) is 9.59 Å². The van der Waals surface area contributed by atoms with Gasteiger partial charge in [0.2, 0.25) is 0 Å². The van der Waals surface area contributed by atoms with Crippen molar-refractivity contribution in [2.45, 2.75) is 32.2 Å². The number of imide groups is 2. The largest absolute Gasteiger partial charge is 0.454 e. The van der Waals surface area contributed by atoms with Crippen LogP contribution in [0.25, 0.3) is 0 Å². The van der Waals surface area contributed by atoms with Crippen LogP contribution < -0.4 is 16.0 Å². The molecule has 1 aromatic heterocycles. The van der Waals surface area contributed by atoms with Crippen LogP contribution in [0.4, 0.5) is 9.59 Å². The molecule has 1 atom stereocenters. The van der Waals surface area contributed by atoms with Gasteiger partial charge in [0.15, 0.2) is 6.61 Å². The molecule has 0 spiro atoms. The van der Waals surface area contributed by atoms with E-state index in [0.717, 1.165) is 9.78 Å². The zero-order chi connectivity index (χ0) is 20.7. The Morgan fingerprint density at radius 2 is 2.07 bits per heavy atom. The first kappa shape index (κ1) is 21.4. The van der Waals surface area contributed by atoms with Gasteiger partial charge in [0.25, 0.3) is 11.8 Å². The molecule has 1 aliphatic heterocycles. The average Bonchev–Trinajstić information content (AvgIpc) is 3.23. The van der Waals surface area contributed by atoms with Gasteiger partial charge in [0.1, 0.15) is 12.1 Å². The molecular weight excluding hydrogens is 388 g/mol. The molecule has 1 saturated heterocycles. The van der Waals surface area contributed by atoms with Crippen molar-refractivity contribution < 1.29 is 28.7 Å². The number of hydrogen-bond donors (Lipinski definition) is 3. The Balaban J connectivity index is 1.67. The summed E-state index contributed by atoms with van der Waals surface area (Å²) in [5, 5.41) is 8.97. The standard InChI is InChI=1S/C17H22N4O6S/c1-3-17(2)14(24)21(16(26)20-17)9-13(23)27-10-12(22)19-15(25)18-7-6-11-5-4-8-28-11/h4-5,8H,3,6-7,9-10H2,1-2H3,(H,20,26)(H2,18,19,22,25). The third kappa shape index (κ3) is 5.52. The average molecular weight is 410 g/mol. The highest BCUT2D eigenvalue weighted by Crippen LogP contribution is 2.20. The highest BCUT2D eigenvalue weighted by Gasteiger charge is 2.47. The van der Waals surface area contributed by atoms with Crippen LogP contribution in [-0.2, 0) is 25.5 Å². The minimum atomic E-state index is -1.06. The Kier molecular flexibility index (Phi) is 7.10. The number of carbonyl (C=O) groups excluding carboxylic acids is 5. The molecule has 2 heterocycles. The summed E-state index contributed by atoms with van der Waals surface area (Å²) in [4.78, 5) is 60.9. The van der Waals surface area contributed by atoms with Crippen molar-refractivity contribution >= 4 is 41.2 Å². The first-order chi connectivity index (χ1) is 13.2. The smallest absolute Gasteiger partial charge is 0.326 e. The van der Waals surface area contributed by atoms with Gasteiger partial charge in [-0.2, -0.15) is 0 Å². The van der Waals surface area contributed by atoms with E-state index in [4.69, 9.17) is 4.74 Å². The van der Waals surface area contributed by atoms with Gasteiger partial charge in [-0.05, 0) is 31.2 Å². The molecule has 11 heteroatoms. The maximum Gasteiger partial charge on any atom is 0.326 e. The van der Waals surface area contributed by atoms with Crippen LogP contribution in [0, 0.1) is 0 Å². The third-order valence-electron chi connectivity index (χ3n) is 4.19. The number of amides is 6. The van der Waals surface area contributed by atoms with E-state index in [1.807, 2.05) is 22.8 Å². The molecule has 0 radical (unpaired) electrons. The molecule has 0 aliphatic carbocycles. The predicted molar refractivity (Wildman–Crippen MR) is 99.5 cm³/mol. The lowest BCUT2D eigenvalue weighted by Crippen LogP contribution is -2.44. The fraction of sp³-hybridized carbons (Fsp3) is 0.471. The van der Waals surface area contributed by atoms with Crippen molar-refractivity contribution in [1.82, 2.24) is 20.9 Å². The minimum absolute atomic E-state index is 0.349. The number of nitrogens with one attached hydrogen (secondary N) is 3. The molecule has 3 N–H and O–H groups in total. The van der Waals surface area contributed by atoms with E-state index >= 15 is 0 Å². The number of esters is 1. The maximum absolute atomic E-state index is 12.2. The molecule has 0 bridgehead atoms. The number of ether oxygens (including phenoxy) is 1. The summed E-state index contributed by atoms with van der Waals surface area (Å²) in [5.74, 6) is -2.29. The fourth-order valence-corrected chi connectivity index (χ4v) is 3.12. The van der Waals surface area contributed by atoms with Crippen LogP contribution in [0.1, 0.15) is 25.1 Å². The van der Waals surface area contributed by atoms with Crippen LogP contribution in [-0.4, -0.2) is 60.0 Å². The number of rotatable bonds is 8. The summed E-state index contributed by atoms with van der Waals surface area (Å²) < 4.78 is 4.73. The molecule has 0 saturated carbocycles. The van der Waals surface area contributed by atoms with Gasteiger partial charge in [-0.15, -0.1) is 11.3 Å². The van der Waals surface area contributed by atoms with Crippen molar-refractivity contribution in [1.29, 1.82) is 0 Å². The van der Waals surface area contributed by atoms with E-state index < -0.39 is 48.5 Å². The van der Waals surface area contributed by atoms with E-state index in [9.17, 15) is 24.0 Å². The molecule has 1 aliphatic rings. The normalized spacial score (nSPS) is 18.6. The topological polar surface area (TPSA) is 134 Å². The summed E-state index contributed by atoms with van der Waals surface area (Å²) in [6.07, 6.45) is 1.00. The summed E-state index contributed by atoms with van der Waals surface area (Å²) in [6.45, 7) is 2.33. The van der Waals surface area contributed by atoms with Gasteiger partial charge in [0.05, 0.1) is 0 Å². The number of urea groups is 2. The van der Waals surface area contributed by atoms with Gasteiger partial charge >= 0.3 is 18.0 Å². The third-order valence-corrected chi connectivity index (χ3v) is 5.13. The van der Waals surface area contributed by atoms with Gasteiger partial charge in [0, 0.05) is 11.4 Å². The summed E-state index contributed by atoms with van der Waals surface area (Å²) in [5.41, 5.74) is -1.06. The number of hydrogen-bond acceptors (Lipinski definition) is 7. The van der Waals surface area contributed by atoms with Crippen molar-refractivity contribution in [2.24, 2.45) is 0 Å². The first-order valence-corrected chi connectivity index (χ1v) is 9.53. The fourth-order valence-electron chi connectivity index (χ4n) is 2.41. The molecular formula is C17H22N4O6S. The van der Waals surface area contributed by atoms with E-state index in [0.29, 0.717) is 19.4 Å². The van der Waals surface area contributed by atoms with Crippen LogP contribution >= 0.6 is 11.3 Å². The zero-order valence-electron chi connectivity index (χ0n) is 15.6. The molecule has 2 rings (SSSR count). The van der Waals surface area contributed by atoms with Gasteiger partial charge < -0.3 is 15.4 Å². The summed E-state index contributed by atoms with van der Waals surface area (Å²) in [7, 11) is 0. The minimum Gasteiger partial charge on any atom is -0.454 e. The van der Waals surface area contributed by atoms with Crippen molar-refractivity contribution in [3.8, 4) is 0 Å². The Bertz CT molecular complexity index is 766. The first-order valence-electron chi connectivity index (χ1n) is 8.65. The number of thiophene rings is 1. The molecule has 6 amide bonds. The molecule has 28 heavy (non-hydrogen) atoms. The lowest BCUT2D eigenvalue weighted by atomic mass is 9.99. The van der Waals surface area contributed by atoms with E-state index in [2.05, 4.69) is 10.6 Å². The molecule has 1 unspecified atom stereocenters. The van der Waals surface area contributed by atoms with Gasteiger partial charge in [-0.3, -0.25) is 24.6 Å². The molecule has 1 fully saturated rings. The molecule has 10 nitrogen and oxygen atoms in total. The predicted octanol–water partition coefficient (Wildman–Crippen LogP) is 0.380. The van der Waals surface area contributed by atoms with Crippen molar-refractivity contribution in [2.75, 3.05) is 19.7 Å². The SMILES string of the molecule is CCC1(C)NC(=O)N(CC(=O)OCC(=O)NC(=O)NCCc2cccs2)C1=O. The van der Waals surface area contributed by atoms with Crippen molar-refractivity contribution in [3.05, 3.63) is 22.4 Å². The lowest BCUT2D eigenvalue weighted by Gasteiger charge is -2.18. The van der Waals surface area contributed by atoms with E-state index in [-0.39, 0.29) is 0 Å². The number of nitrogens with zero attached hydrogens (tertiary/aromatic N) is 1. The second kappa shape index (κ2) is 9.31. The highest BCUT2D eigenvalue weighted by atomic mass is 32.1. The van der Waals surface area contributed by atoms with Crippen LogP contribution in [0.5, 0.6) is 0 Å².